The Morgan fingerprint density at radius 3 is 2.67 bits per heavy atom. The summed E-state index contributed by atoms with van der Waals surface area (Å²) in [5.74, 6) is 0.406. The van der Waals surface area contributed by atoms with Crippen LogP contribution in [0.1, 0.15) is 18.1 Å². The summed E-state index contributed by atoms with van der Waals surface area (Å²) in [7, 11) is 6.08. The van der Waals surface area contributed by atoms with E-state index < -0.39 is 5.91 Å². The van der Waals surface area contributed by atoms with Crippen LogP contribution in [0.3, 0.4) is 0 Å². The number of aryl methyl sites for hydroxylation is 1. The van der Waals surface area contributed by atoms with Crippen molar-refractivity contribution in [3.8, 4) is 0 Å². The van der Waals surface area contributed by atoms with E-state index in [4.69, 9.17) is 10.7 Å². The maximum Gasteiger partial charge on any atom is 0.273 e. The Labute approximate surface area is 178 Å². The number of amides is 1. The number of likely N-dealkylation sites (N-methyl/N-ethyl adjacent to an activating group) is 2. The van der Waals surface area contributed by atoms with Gasteiger partial charge in [0.25, 0.3) is 5.91 Å². The van der Waals surface area contributed by atoms with Gasteiger partial charge in [-0.3, -0.25) is 9.79 Å². The van der Waals surface area contributed by atoms with E-state index in [-0.39, 0.29) is 18.1 Å². The fraction of sp³-hybridized carbons (Fsp3) is 0.364. The van der Waals surface area contributed by atoms with Crippen LogP contribution in [-0.4, -0.2) is 63.0 Å². The molecule has 0 saturated heterocycles. The molecule has 0 spiro atoms. The normalized spacial score (nSPS) is 12.3. The van der Waals surface area contributed by atoms with E-state index >= 15 is 0 Å². The Morgan fingerprint density at radius 2 is 2.03 bits per heavy atom. The summed E-state index contributed by atoms with van der Waals surface area (Å²) in [6, 6.07) is 8.14. The van der Waals surface area contributed by atoms with Gasteiger partial charge in [-0.2, -0.15) is 0 Å². The van der Waals surface area contributed by atoms with Gasteiger partial charge in [0, 0.05) is 43.8 Å². The van der Waals surface area contributed by atoms with Crippen molar-refractivity contribution in [2.24, 2.45) is 15.7 Å². The van der Waals surface area contributed by atoms with Gasteiger partial charge >= 0.3 is 0 Å². The van der Waals surface area contributed by atoms with E-state index in [0.29, 0.717) is 0 Å². The number of benzene rings is 1. The molecule has 30 heavy (non-hydrogen) atoms. The second-order valence-corrected chi connectivity index (χ2v) is 7.30. The first-order valence-electron chi connectivity index (χ1n) is 9.77. The second kappa shape index (κ2) is 10.5. The number of nitrogens with two attached hydrogens (primary N) is 1. The van der Waals surface area contributed by atoms with Crippen LogP contribution in [0, 0.1) is 6.92 Å². The minimum absolute atomic E-state index is 0.0128. The standard InChI is InChI=1S/C22H31N7O/c1-7-25-19(20(23)24-3)22(30)26-14-17-13-16-10-8-9-15(2)18(16)27-21(17)29(6)12-11-28(4)5/h7-10,13H,3,11-12,14,23H2,1-2,4-6H3,(H,26,30)/b20-19-,25-7-. The molecule has 1 heterocycles. The maximum absolute atomic E-state index is 12.6. The average molecular weight is 410 g/mol. The molecule has 160 valence electrons. The zero-order valence-corrected chi connectivity index (χ0v) is 18.4. The molecule has 2 aromatic rings. The lowest BCUT2D eigenvalue weighted by Gasteiger charge is -2.24. The molecule has 1 amide bonds. The molecule has 0 aliphatic carbocycles. The van der Waals surface area contributed by atoms with Crippen LogP contribution in [0.4, 0.5) is 5.82 Å². The average Bonchev–Trinajstić information content (AvgIpc) is 2.73. The molecule has 0 fully saturated rings. The van der Waals surface area contributed by atoms with Crippen LogP contribution in [0.25, 0.3) is 10.9 Å². The molecule has 0 radical (unpaired) electrons. The number of para-hydroxylation sites is 1. The van der Waals surface area contributed by atoms with Crippen LogP contribution >= 0.6 is 0 Å². The molecular weight excluding hydrogens is 378 g/mol. The lowest BCUT2D eigenvalue weighted by atomic mass is 10.1. The van der Waals surface area contributed by atoms with E-state index in [2.05, 4.69) is 37.9 Å². The summed E-state index contributed by atoms with van der Waals surface area (Å²) in [4.78, 5) is 29.4. The second-order valence-electron chi connectivity index (χ2n) is 7.30. The predicted octanol–water partition coefficient (Wildman–Crippen LogP) is 2.08. The third-order valence-corrected chi connectivity index (χ3v) is 4.67. The first-order valence-corrected chi connectivity index (χ1v) is 9.77. The summed E-state index contributed by atoms with van der Waals surface area (Å²) in [5.41, 5.74) is 8.78. The minimum atomic E-state index is -0.413. The Hall–Kier alpha value is -3.26. The number of anilines is 1. The molecule has 0 atom stereocenters. The first-order chi connectivity index (χ1) is 14.3. The lowest BCUT2D eigenvalue weighted by Crippen LogP contribution is -2.31. The molecule has 3 N–H and O–H groups in total. The first kappa shape index (κ1) is 23.0. The zero-order valence-electron chi connectivity index (χ0n) is 18.4. The topological polar surface area (TPSA) is 99.2 Å². The largest absolute Gasteiger partial charge is 0.382 e. The quantitative estimate of drug-likeness (QED) is 0.488. The van der Waals surface area contributed by atoms with Crippen molar-refractivity contribution < 1.29 is 4.79 Å². The number of aromatic nitrogens is 1. The fourth-order valence-electron chi connectivity index (χ4n) is 3.00. The number of pyridine rings is 1. The molecule has 2 rings (SSSR count). The SMILES string of the molecule is C=N/C(N)=C(\N=C/C)C(=O)NCc1cc2cccc(C)c2nc1N(C)CCN(C)C. The van der Waals surface area contributed by atoms with Crippen LogP contribution < -0.4 is 16.0 Å². The number of rotatable bonds is 9. The van der Waals surface area contributed by atoms with Gasteiger partial charge in [-0.05, 0) is 46.3 Å². The molecule has 0 saturated carbocycles. The number of hydrogen-bond acceptors (Lipinski definition) is 7. The highest BCUT2D eigenvalue weighted by molar-refractivity contribution is 5.95. The lowest BCUT2D eigenvalue weighted by molar-refractivity contribution is -0.117. The zero-order chi connectivity index (χ0) is 22.3. The van der Waals surface area contributed by atoms with Crippen molar-refractivity contribution in [1.29, 1.82) is 0 Å². The Morgan fingerprint density at radius 1 is 1.30 bits per heavy atom. The number of fused-ring (bicyclic) bond motifs is 1. The monoisotopic (exact) mass is 409 g/mol. The Balaban J connectivity index is 2.39. The van der Waals surface area contributed by atoms with Crippen LogP contribution in [0.5, 0.6) is 0 Å². The van der Waals surface area contributed by atoms with Crippen molar-refractivity contribution in [3.63, 3.8) is 0 Å². The predicted molar refractivity (Wildman–Crippen MR) is 125 cm³/mol. The van der Waals surface area contributed by atoms with Crippen molar-refractivity contribution in [2.45, 2.75) is 20.4 Å². The van der Waals surface area contributed by atoms with Crippen molar-refractivity contribution >= 4 is 35.6 Å². The van der Waals surface area contributed by atoms with E-state index in [1.165, 1.54) is 6.21 Å². The van der Waals surface area contributed by atoms with Crippen molar-refractivity contribution in [1.82, 2.24) is 15.2 Å². The van der Waals surface area contributed by atoms with Gasteiger partial charge in [-0.1, -0.05) is 18.2 Å². The summed E-state index contributed by atoms with van der Waals surface area (Å²) in [6.07, 6.45) is 1.49. The minimum Gasteiger partial charge on any atom is -0.382 e. The molecule has 1 aromatic carbocycles. The van der Waals surface area contributed by atoms with E-state index in [1.54, 1.807) is 6.92 Å². The van der Waals surface area contributed by atoms with Gasteiger partial charge < -0.3 is 20.9 Å². The van der Waals surface area contributed by atoms with Gasteiger partial charge in [-0.25, -0.2) is 9.98 Å². The summed E-state index contributed by atoms with van der Waals surface area (Å²) in [5, 5.41) is 3.91. The number of hydrogen-bond donors (Lipinski definition) is 2. The molecule has 1 aromatic heterocycles. The molecular formula is C22H31N7O. The third-order valence-electron chi connectivity index (χ3n) is 4.67. The molecule has 0 unspecified atom stereocenters. The molecule has 0 bridgehead atoms. The van der Waals surface area contributed by atoms with E-state index in [0.717, 1.165) is 40.9 Å². The van der Waals surface area contributed by atoms with Gasteiger partial charge in [-0.15, -0.1) is 0 Å². The van der Waals surface area contributed by atoms with Gasteiger partial charge in [0.1, 0.15) is 5.82 Å². The summed E-state index contributed by atoms with van der Waals surface area (Å²) in [6.45, 7) is 9.09. The van der Waals surface area contributed by atoms with E-state index in [1.807, 2.05) is 46.3 Å². The number of nitrogens with zero attached hydrogens (tertiary/aromatic N) is 5. The van der Waals surface area contributed by atoms with Crippen LogP contribution in [-0.2, 0) is 11.3 Å². The summed E-state index contributed by atoms with van der Waals surface area (Å²) >= 11 is 0. The fourth-order valence-corrected chi connectivity index (χ4v) is 3.00. The molecule has 8 heteroatoms. The van der Waals surface area contributed by atoms with Crippen LogP contribution in [0.2, 0.25) is 0 Å². The smallest absolute Gasteiger partial charge is 0.273 e. The van der Waals surface area contributed by atoms with E-state index in [9.17, 15) is 4.79 Å². The number of aliphatic imine (C=N–C) groups is 2. The molecule has 0 aliphatic heterocycles. The maximum atomic E-state index is 12.6. The highest BCUT2D eigenvalue weighted by Gasteiger charge is 2.16. The highest BCUT2D eigenvalue weighted by Crippen LogP contribution is 2.25. The molecule has 0 aliphatic rings. The van der Waals surface area contributed by atoms with Gasteiger partial charge in [0.2, 0.25) is 0 Å². The molecule has 8 nitrogen and oxygen atoms in total. The van der Waals surface area contributed by atoms with Crippen LogP contribution in [0.15, 0.2) is 45.8 Å². The number of nitrogens with one attached hydrogen (secondary N) is 1. The van der Waals surface area contributed by atoms with Gasteiger partial charge in [0.05, 0.1) is 5.52 Å². The van der Waals surface area contributed by atoms with Gasteiger partial charge in [0.15, 0.2) is 11.5 Å². The highest BCUT2D eigenvalue weighted by atomic mass is 16.2. The number of carbonyl (C=O) groups excluding carboxylic acids is 1. The van der Waals surface area contributed by atoms with Crippen molar-refractivity contribution in [2.75, 3.05) is 39.1 Å². The Kier molecular flexibility index (Phi) is 8.06. The third kappa shape index (κ3) is 5.64. The Bertz CT molecular complexity index is 979. The number of carbonyl (C=O) groups is 1. The van der Waals surface area contributed by atoms with Crippen molar-refractivity contribution in [3.05, 3.63) is 46.9 Å². The summed E-state index contributed by atoms with van der Waals surface area (Å²) < 4.78 is 0.